The van der Waals surface area contributed by atoms with Gasteiger partial charge in [0, 0.05) is 23.0 Å². The van der Waals surface area contributed by atoms with Crippen molar-refractivity contribution in [1.82, 2.24) is 0 Å². The minimum Gasteiger partial charge on any atom is -0.472 e. The molecule has 3 aromatic rings. The predicted octanol–water partition coefficient (Wildman–Crippen LogP) is 8.92. The summed E-state index contributed by atoms with van der Waals surface area (Å²) in [4.78, 5) is 26.5. The Labute approximate surface area is 215 Å². The number of fused-ring (bicyclic) bond motifs is 3. The normalized spacial score (nSPS) is 16.5. The molecular weight excluding hydrogens is 444 g/mol. The molecule has 188 valence electrons. The van der Waals surface area contributed by atoms with Crippen LogP contribution in [0.15, 0.2) is 59.4 Å². The number of benzene rings is 2. The standard InChI is InChI=1S/C33H38O3/c1-3-17-33(18-4-2)29-20-24(31(34)15-10-23-8-6-5-7-9-23)11-13-27(29)28-14-12-25(21-30(28)33)32(35)26-16-19-36-22-26/h11-14,16,19-23H,3-10,15,17-18H2,1-2H3. The van der Waals surface area contributed by atoms with Gasteiger partial charge in [0.1, 0.15) is 6.26 Å². The highest BCUT2D eigenvalue weighted by atomic mass is 16.3. The third-order valence-electron chi connectivity index (χ3n) is 8.59. The zero-order valence-electron chi connectivity index (χ0n) is 21.8. The van der Waals surface area contributed by atoms with Crippen molar-refractivity contribution in [3.63, 3.8) is 0 Å². The number of carbonyl (C=O) groups excluding carboxylic acids is 2. The van der Waals surface area contributed by atoms with E-state index < -0.39 is 0 Å². The molecule has 1 aromatic heterocycles. The van der Waals surface area contributed by atoms with E-state index in [-0.39, 0.29) is 17.0 Å². The predicted molar refractivity (Wildman–Crippen MR) is 145 cm³/mol. The molecule has 0 radical (unpaired) electrons. The van der Waals surface area contributed by atoms with Crippen LogP contribution in [0.3, 0.4) is 0 Å². The second-order valence-corrected chi connectivity index (χ2v) is 10.9. The van der Waals surface area contributed by atoms with Gasteiger partial charge >= 0.3 is 0 Å². The molecule has 0 saturated heterocycles. The largest absolute Gasteiger partial charge is 0.472 e. The van der Waals surface area contributed by atoms with Gasteiger partial charge < -0.3 is 4.42 Å². The Morgan fingerprint density at radius 1 is 0.833 bits per heavy atom. The molecular formula is C33H38O3. The van der Waals surface area contributed by atoms with E-state index in [4.69, 9.17) is 4.42 Å². The van der Waals surface area contributed by atoms with Gasteiger partial charge in [-0.25, -0.2) is 0 Å². The second-order valence-electron chi connectivity index (χ2n) is 10.9. The van der Waals surface area contributed by atoms with E-state index in [0.717, 1.165) is 37.7 Å². The highest BCUT2D eigenvalue weighted by molar-refractivity contribution is 6.09. The van der Waals surface area contributed by atoms with Gasteiger partial charge in [-0.3, -0.25) is 9.59 Å². The van der Waals surface area contributed by atoms with Gasteiger partial charge in [0.2, 0.25) is 0 Å². The maximum atomic E-state index is 13.3. The average Bonchev–Trinajstić information content (AvgIpc) is 3.54. The van der Waals surface area contributed by atoms with Gasteiger partial charge in [-0.05, 0) is 65.6 Å². The molecule has 3 nitrogen and oxygen atoms in total. The maximum Gasteiger partial charge on any atom is 0.196 e. The lowest BCUT2D eigenvalue weighted by Gasteiger charge is -2.32. The number of rotatable bonds is 10. The molecule has 2 aliphatic rings. The molecule has 0 aliphatic heterocycles. The summed E-state index contributed by atoms with van der Waals surface area (Å²) in [7, 11) is 0. The van der Waals surface area contributed by atoms with Crippen LogP contribution in [0.1, 0.15) is 122 Å². The van der Waals surface area contributed by atoms with Crippen molar-refractivity contribution in [3.8, 4) is 11.1 Å². The number of Topliss-reactive ketones (excluding diaryl/α,β-unsaturated/α-hetero) is 1. The van der Waals surface area contributed by atoms with E-state index >= 15 is 0 Å². The Hall–Kier alpha value is -2.94. The van der Waals surface area contributed by atoms with Crippen molar-refractivity contribution in [2.45, 2.75) is 89.9 Å². The minimum absolute atomic E-state index is 0.0111. The summed E-state index contributed by atoms with van der Waals surface area (Å²) in [5.41, 5.74) is 6.90. The SMILES string of the molecule is CCCC1(CCC)c2cc(C(=O)CCC3CCCCC3)ccc2-c2ccc(C(=O)c3ccoc3)cc21. The quantitative estimate of drug-likeness (QED) is 0.271. The van der Waals surface area contributed by atoms with Crippen LogP contribution in [0, 0.1) is 5.92 Å². The lowest BCUT2D eigenvalue weighted by Crippen LogP contribution is -2.25. The lowest BCUT2D eigenvalue weighted by atomic mass is 9.71. The van der Waals surface area contributed by atoms with Crippen LogP contribution in [0.2, 0.25) is 0 Å². The number of ketones is 2. The van der Waals surface area contributed by atoms with Gasteiger partial charge in [-0.1, -0.05) is 83.1 Å². The molecule has 1 fully saturated rings. The van der Waals surface area contributed by atoms with Crippen LogP contribution in [0.5, 0.6) is 0 Å². The zero-order chi connectivity index (χ0) is 25.1. The summed E-state index contributed by atoms with van der Waals surface area (Å²) in [5, 5.41) is 0. The molecule has 0 atom stereocenters. The van der Waals surface area contributed by atoms with Crippen LogP contribution in [-0.2, 0) is 5.41 Å². The molecule has 0 spiro atoms. The zero-order valence-corrected chi connectivity index (χ0v) is 21.8. The number of hydrogen-bond acceptors (Lipinski definition) is 3. The summed E-state index contributed by atoms with van der Waals surface area (Å²) in [6, 6.07) is 14.3. The Morgan fingerprint density at radius 3 is 2.08 bits per heavy atom. The van der Waals surface area contributed by atoms with Crippen LogP contribution in [0.4, 0.5) is 0 Å². The Morgan fingerprint density at radius 2 is 1.47 bits per heavy atom. The molecule has 0 bridgehead atoms. The monoisotopic (exact) mass is 482 g/mol. The molecule has 0 amide bonds. The van der Waals surface area contributed by atoms with E-state index in [9.17, 15) is 9.59 Å². The van der Waals surface area contributed by atoms with E-state index in [1.807, 2.05) is 12.1 Å². The molecule has 36 heavy (non-hydrogen) atoms. The van der Waals surface area contributed by atoms with E-state index in [2.05, 4.69) is 38.1 Å². The fraction of sp³-hybridized carbons (Fsp3) is 0.455. The Bertz CT molecular complexity index is 1220. The first-order chi connectivity index (χ1) is 17.6. The topological polar surface area (TPSA) is 47.3 Å². The summed E-state index contributed by atoms with van der Waals surface area (Å²) in [6.45, 7) is 4.46. The highest BCUT2D eigenvalue weighted by Crippen LogP contribution is 2.54. The third kappa shape index (κ3) is 4.49. The molecule has 2 aromatic carbocycles. The molecule has 5 rings (SSSR count). The van der Waals surface area contributed by atoms with E-state index in [1.54, 1.807) is 12.3 Å². The van der Waals surface area contributed by atoms with E-state index in [1.165, 1.54) is 60.6 Å². The van der Waals surface area contributed by atoms with Crippen LogP contribution >= 0.6 is 0 Å². The third-order valence-corrected chi connectivity index (χ3v) is 8.59. The first kappa shape index (κ1) is 24.7. The maximum absolute atomic E-state index is 13.3. The smallest absolute Gasteiger partial charge is 0.196 e. The Kier molecular flexibility index (Phi) is 7.27. The van der Waals surface area contributed by atoms with Crippen LogP contribution < -0.4 is 0 Å². The van der Waals surface area contributed by atoms with Gasteiger partial charge in [0.05, 0.1) is 11.8 Å². The number of carbonyl (C=O) groups is 2. The fourth-order valence-electron chi connectivity index (χ4n) is 6.84. The minimum atomic E-state index is -0.166. The van der Waals surface area contributed by atoms with Gasteiger partial charge in [0.15, 0.2) is 11.6 Å². The Balaban J connectivity index is 1.50. The lowest BCUT2D eigenvalue weighted by molar-refractivity contribution is 0.0969. The molecule has 1 saturated carbocycles. The first-order valence-corrected chi connectivity index (χ1v) is 14.0. The van der Waals surface area contributed by atoms with Crippen molar-refractivity contribution in [3.05, 3.63) is 82.8 Å². The molecule has 1 heterocycles. The van der Waals surface area contributed by atoms with Gasteiger partial charge in [0.25, 0.3) is 0 Å². The average molecular weight is 483 g/mol. The fourth-order valence-corrected chi connectivity index (χ4v) is 6.84. The number of furan rings is 1. The summed E-state index contributed by atoms with van der Waals surface area (Å²) >= 11 is 0. The first-order valence-electron chi connectivity index (χ1n) is 14.0. The summed E-state index contributed by atoms with van der Waals surface area (Å²) < 4.78 is 5.16. The molecule has 0 N–H and O–H groups in total. The van der Waals surface area contributed by atoms with Gasteiger partial charge in [-0.15, -0.1) is 0 Å². The molecule has 2 aliphatic carbocycles. The second kappa shape index (κ2) is 10.6. The van der Waals surface area contributed by atoms with Crippen LogP contribution in [-0.4, -0.2) is 11.6 Å². The van der Waals surface area contributed by atoms with Crippen LogP contribution in [0.25, 0.3) is 11.1 Å². The van der Waals surface area contributed by atoms with Crippen molar-refractivity contribution in [2.75, 3.05) is 0 Å². The summed E-state index contributed by atoms with van der Waals surface area (Å²) in [6.07, 6.45) is 15.4. The highest BCUT2D eigenvalue weighted by Gasteiger charge is 2.42. The van der Waals surface area contributed by atoms with Crippen molar-refractivity contribution in [2.24, 2.45) is 5.92 Å². The van der Waals surface area contributed by atoms with Gasteiger partial charge in [-0.2, -0.15) is 0 Å². The molecule has 0 unspecified atom stereocenters. The number of hydrogen-bond donors (Lipinski definition) is 0. The van der Waals surface area contributed by atoms with E-state index in [0.29, 0.717) is 23.5 Å². The van der Waals surface area contributed by atoms with Crippen molar-refractivity contribution >= 4 is 11.6 Å². The summed E-state index contributed by atoms with van der Waals surface area (Å²) in [5.74, 6) is 0.979. The van der Waals surface area contributed by atoms with Crippen molar-refractivity contribution in [1.29, 1.82) is 0 Å². The van der Waals surface area contributed by atoms with Crippen molar-refractivity contribution < 1.29 is 14.0 Å². The molecule has 3 heteroatoms.